The summed E-state index contributed by atoms with van der Waals surface area (Å²) in [5.74, 6) is 0. The second kappa shape index (κ2) is 2.29. The van der Waals surface area contributed by atoms with Crippen LogP contribution in [0, 0.1) is 6.92 Å². The maximum atomic E-state index is 3.96. The van der Waals surface area contributed by atoms with E-state index in [4.69, 9.17) is 0 Å². The number of hydrogen-bond acceptors (Lipinski definition) is 2. The normalized spacial score (nSPS) is 31.8. The Kier molecular flexibility index (Phi) is 1.65. The van der Waals surface area contributed by atoms with Crippen LogP contribution < -0.4 is 0 Å². The molecule has 0 fully saturated rings. The van der Waals surface area contributed by atoms with Gasteiger partial charge in [-0.05, 0) is 19.4 Å². The molecule has 0 amide bonds. The molecular formula is C7H11N2. The Morgan fingerprint density at radius 1 is 1.67 bits per heavy atom. The largest absolute Gasteiger partial charge is 0.178 e. The first-order valence-electron chi connectivity index (χ1n) is 3.22. The molecule has 9 heavy (non-hydrogen) atoms. The monoisotopic (exact) mass is 123 g/mol. The van der Waals surface area contributed by atoms with Crippen molar-refractivity contribution >= 4 is 0 Å². The molecule has 1 unspecified atom stereocenters. The van der Waals surface area contributed by atoms with Gasteiger partial charge in [0.05, 0.1) is 0 Å². The van der Waals surface area contributed by atoms with Gasteiger partial charge in [-0.2, -0.15) is 10.2 Å². The van der Waals surface area contributed by atoms with Crippen molar-refractivity contribution in [1.82, 2.24) is 0 Å². The van der Waals surface area contributed by atoms with Crippen LogP contribution in [0.2, 0.25) is 0 Å². The fourth-order valence-corrected chi connectivity index (χ4v) is 0.920. The summed E-state index contributed by atoms with van der Waals surface area (Å²) >= 11 is 0. The van der Waals surface area contributed by atoms with Crippen molar-refractivity contribution < 1.29 is 0 Å². The first-order chi connectivity index (χ1) is 4.27. The number of azo groups is 1. The summed E-state index contributed by atoms with van der Waals surface area (Å²) in [5.41, 5.74) is -0.227. The van der Waals surface area contributed by atoms with Crippen LogP contribution in [0.25, 0.3) is 0 Å². The van der Waals surface area contributed by atoms with E-state index in [0.29, 0.717) is 0 Å². The van der Waals surface area contributed by atoms with E-state index < -0.39 is 0 Å². The fourth-order valence-electron chi connectivity index (χ4n) is 0.920. The summed E-state index contributed by atoms with van der Waals surface area (Å²) in [4.78, 5) is 0. The maximum Gasteiger partial charge on any atom is 0.102 e. The van der Waals surface area contributed by atoms with Crippen molar-refractivity contribution in [2.75, 3.05) is 0 Å². The Balaban J connectivity index is 2.53. The lowest BCUT2D eigenvalue weighted by Crippen LogP contribution is -2.15. The Morgan fingerprint density at radius 3 is 2.89 bits per heavy atom. The van der Waals surface area contributed by atoms with E-state index in [1.165, 1.54) is 0 Å². The van der Waals surface area contributed by atoms with E-state index in [0.717, 1.165) is 12.8 Å². The topological polar surface area (TPSA) is 24.7 Å². The number of hydrogen-bond donors (Lipinski definition) is 0. The summed E-state index contributed by atoms with van der Waals surface area (Å²) < 4.78 is 0. The molecule has 49 valence electrons. The molecule has 2 nitrogen and oxygen atoms in total. The van der Waals surface area contributed by atoms with Gasteiger partial charge in [-0.1, -0.05) is 13.3 Å². The van der Waals surface area contributed by atoms with Crippen LogP contribution in [0.1, 0.15) is 19.8 Å². The number of nitrogens with zero attached hydrogens (tertiary/aromatic N) is 2. The van der Waals surface area contributed by atoms with Crippen molar-refractivity contribution in [2.45, 2.75) is 25.3 Å². The van der Waals surface area contributed by atoms with Gasteiger partial charge in [0.25, 0.3) is 0 Å². The molecule has 0 aliphatic carbocycles. The Morgan fingerprint density at radius 2 is 2.44 bits per heavy atom. The standard InChI is InChI=1S/C7H11N2/c1-3-4-7(2)5-6-8-9-7/h5-6H,2-4H2,1H3. The highest BCUT2D eigenvalue weighted by Gasteiger charge is 2.20. The van der Waals surface area contributed by atoms with Gasteiger partial charge in [0.1, 0.15) is 5.54 Å². The van der Waals surface area contributed by atoms with Crippen molar-refractivity contribution in [2.24, 2.45) is 10.2 Å². The van der Waals surface area contributed by atoms with Crippen molar-refractivity contribution in [3.63, 3.8) is 0 Å². The zero-order valence-corrected chi connectivity index (χ0v) is 5.67. The molecule has 0 N–H and O–H groups in total. The van der Waals surface area contributed by atoms with Crippen LogP contribution in [0.5, 0.6) is 0 Å². The molecule has 2 heteroatoms. The predicted octanol–water partition coefficient (Wildman–Crippen LogP) is 2.34. The second-order valence-corrected chi connectivity index (χ2v) is 2.38. The third kappa shape index (κ3) is 1.37. The first kappa shape index (κ1) is 6.46. The van der Waals surface area contributed by atoms with Gasteiger partial charge in [0.15, 0.2) is 0 Å². The Bertz CT molecular complexity index is 135. The highest BCUT2D eigenvalue weighted by molar-refractivity contribution is 5.11. The molecule has 1 radical (unpaired) electrons. The van der Waals surface area contributed by atoms with Crippen LogP contribution in [-0.4, -0.2) is 5.54 Å². The average molecular weight is 123 g/mol. The van der Waals surface area contributed by atoms with E-state index in [9.17, 15) is 0 Å². The average Bonchev–Trinajstić information content (AvgIpc) is 2.16. The third-order valence-corrected chi connectivity index (χ3v) is 1.39. The van der Waals surface area contributed by atoms with Gasteiger partial charge in [0, 0.05) is 6.20 Å². The fraction of sp³-hybridized carbons (Fsp3) is 0.571. The molecule has 1 atom stereocenters. The van der Waals surface area contributed by atoms with Crippen molar-refractivity contribution in [1.29, 1.82) is 0 Å². The minimum Gasteiger partial charge on any atom is -0.178 e. The van der Waals surface area contributed by atoms with Gasteiger partial charge in [-0.25, -0.2) is 0 Å². The third-order valence-electron chi connectivity index (χ3n) is 1.39. The zero-order chi connectivity index (χ0) is 6.74. The zero-order valence-electron chi connectivity index (χ0n) is 5.67. The Labute approximate surface area is 55.7 Å². The Hall–Kier alpha value is -0.660. The van der Waals surface area contributed by atoms with Gasteiger partial charge < -0.3 is 0 Å². The molecule has 1 rings (SSSR count). The molecule has 0 saturated heterocycles. The van der Waals surface area contributed by atoms with Gasteiger partial charge in [0.2, 0.25) is 0 Å². The lowest BCUT2D eigenvalue weighted by atomic mass is 9.98. The second-order valence-electron chi connectivity index (χ2n) is 2.38. The van der Waals surface area contributed by atoms with Crippen LogP contribution >= 0.6 is 0 Å². The molecule has 1 heterocycles. The van der Waals surface area contributed by atoms with E-state index in [1.807, 2.05) is 6.08 Å². The lowest BCUT2D eigenvalue weighted by Gasteiger charge is -2.13. The minimum absolute atomic E-state index is 0.227. The molecular weight excluding hydrogens is 112 g/mol. The van der Waals surface area contributed by atoms with E-state index in [1.54, 1.807) is 6.20 Å². The SMILES string of the molecule is [CH2]C1(CCC)C=CN=N1. The summed E-state index contributed by atoms with van der Waals surface area (Å²) in [6.45, 7) is 6.03. The summed E-state index contributed by atoms with van der Waals surface area (Å²) in [6, 6.07) is 0. The van der Waals surface area contributed by atoms with Crippen molar-refractivity contribution in [3.05, 3.63) is 19.2 Å². The van der Waals surface area contributed by atoms with Gasteiger partial charge >= 0.3 is 0 Å². The molecule has 0 bridgehead atoms. The molecule has 0 aromatic rings. The molecule has 0 aromatic carbocycles. The molecule has 1 aliphatic rings. The van der Waals surface area contributed by atoms with Crippen LogP contribution in [0.15, 0.2) is 22.5 Å². The molecule has 0 saturated carbocycles. The van der Waals surface area contributed by atoms with Crippen LogP contribution in [0.4, 0.5) is 0 Å². The highest BCUT2D eigenvalue weighted by Crippen LogP contribution is 2.23. The predicted molar refractivity (Wildman–Crippen MR) is 37.0 cm³/mol. The van der Waals surface area contributed by atoms with Crippen LogP contribution in [0.3, 0.4) is 0 Å². The number of rotatable bonds is 2. The van der Waals surface area contributed by atoms with Gasteiger partial charge in [-0.15, -0.1) is 0 Å². The van der Waals surface area contributed by atoms with Gasteiger partial charge in [-0.3, -0.25) is 0 Å². The lowest BCUT2D eigenvalue weighted by molar-refractivity contribution is 0.572. The molecule has 0 aromatic heterocycles. The van der Waals surface area contributed by atoms with E-state index >= 15 is 0 Å². The van der Waals surface area contributed by atoms with E-state index in [-0.39, 0.29) is 5.54 Å². The molecule has 1 aliphatic heterocycles. The smallest absolute Gasteiger partial charge is 0.102 e. The van der Waals surface area contributed by atoms with E-state index in [2.05, 4.69) is 24.1 Å². The maximum absolute atomic E-state index is 3.96. The summed E-state index contributed by atoms with van der Waals surface area (Å²) in [7, 11) is 0. The van der Waals surface area contributed by atoms with Crippen LogP contribution in [-0.2, 0) is 0 Å². The quantitative estimate of drug-likeness (QED) is 0.538. The summed E-state index contributed by atoms with van der Waals surface area (Å²) in [6.07, 6.45) is 5.75. The highest BCUT2D eigenvalue weighted by atomic mass is 15.2. The molecule has 0 spiro atoms. The van der Waals surface area contributed by atoms with Crippen molar-refractivity contribution in [3.8, 4) is 0 Å². The summed E-state index contributed by atoms with van der Waals surface area (Å²) in [5, 5.41) is 7.70. The minimum atomic E-state index is -0.227. The first-order valence-corrected chi connectivity index (χ1v) is 3.22.